The molecule has 1 amide bonds. The molecule has 116 valence electrons. The van der Waals surface area contributed by atoms with Crippen molar-refractivity contribution in [2.75, 3.05) is 11.9 Å². The number of carbonyl (C=O) groups excluding carboxylic acids is 1. The second-order valence-electron chi connectivity index (χ2n) is 4.89. The summed E-state index contributed by atoms with van der Waals surface area (Å²) in [6.07, 6.45) is 1.00. The number of sulfonamides is 1. The Bertz CT molecular complexity index is 648. The lowest BCUT2D eigenvalue weighted by Crippen LogP contribution is -2.30. The van der Waals surface area contributed by atoms with E-state index in [-0.39, 0.29) is 22.6 Å². The molecular weight excluding hydrogens is 299 g/mol. The molecule has 0 saturated carbocycles. The first-order chi connectivity index (χ1) is 9.82. The van der Waals surface area contributed by atoms with Crippen LogP contribution >= 0.6 is 0 Å². The highest BCUT2D eigenvalue weighted by Crippen LogP contribution is 2.27. The van der Waals surface area contributed by atoms with Gasteiger partial charge in [-0.25, -0.2) is 17.9 Å². The monoisotopic (exact) mass is 316 g/mol. The molecule has 1 heterocycles. The molecule has 2 unspecified atom stereocenters. The van der Waals surface area contributed by atoms with Crippen molar-refractivity contribution in [3.05, 3.63) is 24.0 Å². The summed E-state index contributed by atoms with van der Waals surface area (Å²) >= 11 is 0. The SMILES string of the molecule is CCC1OCCC1C(=O)Nc1cc(F)ccc1S(N)(=O)=O. The summed E-state index contributed by atoms with van der Waals surface area (Å²) in [6, 6.07) is 2.94. The number of amides is 1. The van der Waals surface area contributed by atoms with Gasteiger partial charge in [0.1, 0.15) is 10.7 Å². The van der Waals surface area contributed by atoms with Crippen LogP contribution < -0.4 is 10.5 Å². The highest BCUT2D eigenvalue weighted by molar-refractivity contribution is 7.89. The first kappa shape index (κ1) is 15.9. The number of nitrogens with one attached hydrogen (secondary N) is 1. The molecule has 1 fully saturated rings. The van der Waals surface area contributed by atoms with Crippen LogP contribution in [0.3, 0.4) is 0 Å². The van der Waals surface area contributed by atoms with Crippen molar-refractivity contribution >= 4 is 21.6 Å². The van der Waals surface area contributed by atoms with Crippen LogP contribution in [-0.2, 0) is 19.6 Å². The van der Waals surface area contributed by atoms with Gasteiger partial charge in [0.05, 0.1) is 17.7 Å². The summed E-state index contributed by atoms with van der Waals surface area (Å²) in [7, 11) is -4.05. The molecule has 8 heteroatoms. The molecule has 3 N–H and O–H groups in total. The summed E-state index contributed by atoms with van der Waals surface area (Å²) in [5.41, 5.74) is -0.149. The smallest absolute Gasteiger partial charge is 0.240 e. The lowest BCUT2D eigenvalue weighted by atomic mass is 9.98. The zero-order valence-electron chi connectivity index (χ0n) is 11.5. The maximum atomic E-state index is 13.3. The highest BCUT2D eigenvalue weighted by Gasteiger charge is 2.33. The second-order valence-corrected chi connectivity index (χ2v) is 6.42. The molecular formula is C13H17FN2O4S. The number of nitrogens with two attached hydrogens (primary N) is 1. The molecule has 6 nitrogen and oxygen atoms in total. The van der Waals surface area contributed by atoms with Crippen molar-refractivity contribution in [1.82, 2.24) is 0 Å². The number of ether oxygens (including phenoxy) is 1. The van der Waals surface area contributed by atoms with E-state index in [0.29, 0.717) is 19.4 Å². The van der Waals surface area contributed by atoms with E-state index in [2.05, 4.69) is 5.32 Å². The number of primary sulfonamides is 1. The Morgan fingerprint density at radius 1 is 1.52 bits per heavy atom. The Morgan fingerprint density at radius 3 is 2.86 bits per heavy atom. The number of anilines is 1. The van der Waals surface area contributed by atoms with Crippen LogP contribution in [0.1, 0.15) is 19.8 Å². The number of halogens is 1. The van der Waals surface area contributed by atoms with Gasteiger partial charge in [0, 0.05) is 6.61 Å². The Hall–Kier alpha value is -1.51. The van der Waals surface area contributed by atoms with Gasteiger partial charge in [-0.3, -0.25) is 4.79 Å². The lowest BCUT2D eigenvalue weighted by molar-refractivity contribution is -0.121. The minimum atomic E-state index is -4.05. The van der Waals surface area contributed by atoms with Gasteiger partial charge in [-0.1, -0.05) is 6.92 Å². The van der Waals surface area contributed by atoms with Gasteiger partial charge in [-0.05, 0) is 31.0 Å². The number of carbonyl (C=O) groups is 1. The zero-order chi connectivity index (χ0) is 15.6. The van der Waals surface area contributed by atoms with Crippen LogP contribution in [-0.4, -0.2) is 27.0 Å². The van der Waals surface area contributed by atoms with Gasteiger partial charge in [-0.15, -0.1) is 0 Å². The van der Waals surface area contributed by atoms with Crippen LogP contribution in [0.25, 0.3) is 0 Å². The van der Waals surface area contributed by atoms with Crippen molar-refractivity contribution in [3.63, 3.8) is 0 Å². The molecule has 0 aromatic heterocycles. The third-order valence-electron chi connectivity index (χ3n) is 3.45. The van der Waals surface area contributed by atoms with Crippen molar-refractivity contribution in [2.45, 2.75) is 30.8 Å². The largest absolute Gasteiger partial charge is 0.377 e. The summed E-state index contributed by atoms with van der Waals surface area (Å²) in [5.74, 6) is -1.44. The second kappa shape index (κ2) is 6.08. The van der Waals surface area contributed by atoms with Crippen molar-refractivity contribution in [1.29, 1.82) is 0 Å². The van der Waals surface area contributed by atoms with Gasteiger partial charge >= 0.3 is 0 Å². The van der Waals surface area contributed by atoms with E-state index in [1.165, 1.54) is 0 Å². The highest BCUT2D eigenvalue weighted by atomic mass is 32.2. The molecule has 0 aliphatic carbocycles. The maximum absolute atomic E-state index is 13.3. The standard InChI is InChI=1S/C13H17FN2O4S/c1-2-11-9(5-6-20-11)13(17)16-10-7-8(14)3-4-12(10)21(15,18)19/h3-4,7,9,11H,2,5-6H2,1H3,(H,16,17)(H2,15,18,19). The normalized spacial score (nSPS) is 22.2. The summed E-state index contributed by atoms with van der Waals surface area (Å²) < 4.78 is 41.6. The van der Waals surface area contributed by atoms with Crippen molar-refractivity contribution in [2.24, 2.45) is 11.1 Å². The number of hydrogen-bond acceptors (Lipinski definition) is 4. The molecule has 0 spiro atoms. The Balaban J connectivity index is 2.27. The van der Waals surface area contributed by atoms with Gasteiger partial charge in [0.25, 0.3) is 0 Å². The number of hydrogen-bond donors (Lipinski definition) is 2. The van der Waals surface area contributed by atoms with E-state index in [1.54, 1.807) is 0 Å². The molecule has 1 aromatic carbocycles. The first-order valence-electron chi connectivity index (χ1n) is 6.57. The summed E-state index contributed by atoms with van der Waals surface area (Å²) in [4.78, 5) is 11.9. The molecule has 1 aliphatic rings. The number of rotatable bonds is 4. The minimum Gasteiger partial charge on any atom is -0.377 e. The molecule has 0 radical (unpaired) electrons. The molecule has 2 rings (SSSR count). The third kappa shape index (κ3) is 3.58. The van der Waals surface area contributed by atoms with E-state index in [0.717, 1.165) is 18.2 Å². The van der Waals surface area contributed by atoms with E-state index >= 15 is 0 Å². The molecule has 2 atom stereocenters. The van der Waals surface area contributed by atoms with Crippen LogP contribution in [0.15, 0.2) is 23.1 Å². The fraction of sp³-hybridized carbons (Fsp3) is 0.462. The number of benzene rings is 1. The molecule has 1 aromatic rings. The Labute approximate surface area is 122 Å². The Morgan fingerprint density at radius 2 is 2.24 bits per heavy atom. The van der Waals surface area contributed by atoms with Crippen molar-refractivity contribution < 1.29 is 22.3 Å². The predicted molar refractivity (Wildman–Crippen MR) is 74.5 cm³/mol. The molecule has 1 saturated heterocycles. The lowest BCUT2D eigenvalue weighted by Gasteiger charge is -2.17. The third-order valence-corrected chi connectivity index (χ3v) is 4.42. The Kier molecular flexibility index (Phi) is 4.60. The van der Waals surface area contributed by atoms with E-state index in [9.17, 15) is 17.6 Å². The van der Waals surface area contributed by atoms with Gasteiger partial charge in [0.15, 0.2) is 0 Å². The van der Waals surface area contributed by atoms with E-state index in [1.807, 2.05) is 6.92 Å². The van der Waals surface area contributed by atoms with Crippen molar-refractivity contribution in [3.8, 4) is 0 Å². The first-order valence-corrected chi connectivity index (χ1v) is 8.12. The van der Waals surface area contributed by atoms with Gasteiger partial charge in [0.2, 0.25) is 15.9 Å². The van der Waals surface area contributed by atoms with Gasteiger partial charge < -0.3 is 10.1 Å². The fourth-order valence-corrected chi connectivity index (χ4v) is 3.10. The average Bonchev–Trinajstić information content (AvgIpc) is 2.85. The predicted octanol–water partition coefficient (Wildman–Crippen LogP) is 1.23. The van der Waals surface area contributed by atoms with Crippen LogP contribution in [0, 0.1) is 11.7 Å². The molecule has 21 heavy (non-hydrogen) atoms. The van der Waals surface area contributed by atoms with E-state index in [4.69, 9.17) is 9.88 Å². The maximum Gasteiger partial charge on any atom is 0.240 e. The minimum absolute atomic E-state index is 0.149. The average molecular weight is 316 g/mol. The molecule has 1 aliphatic heterocycles. The fourth-order valence-electron chi connectivity index (χ4n) is 2.42. The van der Waals surface area contributed by atoms with E-state index < -0.39 is 21.7 Å². The van der Waals surface area contributed by atoms with Gasteiger partial charge in [-0.2, -0.15) is 0 Å². The van der Waals surface area contributed by atoms with Crippen LogP contribution in [0.4, 0.5) is 10.1 Å². The summed E-state index contributed by atoms with van der Waals surface area (Å²) in [5, 5.41) is 7.51. The topological polar surface area (TPSA) is 98.5 Å². The van der Waals surface area contributed by atoms with Crippen LogP contribution in [0.5, 0.6) is 0 Å². The zero-order valence-corrected chi connectivity index (χ0v) is 12.3. The molecule has 0 bridgehead atoms. The van der Waals surface area contributed by atoms with Crippen LogP contribution in [0.2, 0.25) is 0 Å². The quantitative estimate of drug-likeness (QED) is 0.872. The summed E-state index contributed by atoms with van der Waals surface area (Å²) in [6.45, 7) is 2.37.